The number of carbonyl (C=O) groups is 1. The van der Waals surface area contributed by atoms with Crippen molar-refractivity contribution in [3.05, 3.63) is 41.5 Å². The zero-order valence-electron chi connectivity index (χ0n) is 16.4. The molecule has 0 atom stereocenters. The molecule has 0 spiro atoms. The molecule has 2 aromatic rings. The van der Waals surface area contributed by atoms with Gasteiger partial charge in [-0.25, -0.2) is 13.1 Å². The maximum atomic E-state index is 12.9. The zero-order valence-corrected chi connectivity index (χ0v) is 17.3. The molecule has 0 unspecified atom stereocenters. The Morgan fingerprint density at radius 3 is 2.46 bits per heavy atom. The number of hydrogen-bond donors (Lipinski definition) is 3. The number of carbonyl (C=O) groups excluding carboxylic acids is 1. The Morgan fingerprint density at radius 1 is 1.14 bits per heavy atom. The Bertz CT molecular complexity index is 967. The van der Waals surface area contributed by atoms with Crippen LogP contribution in [0.15, 0.2) is 35.2 Å². The van der Waals surface area contributed by atoms with E-state index < -0.39 is 15.8 Å². The van der Waals surface area contributed by atoms with Gasteiger partial charge in [0.05, 0.1) is 12.1 Å². The number of ketones is 1. The lowest BCUT2D eigenvalue weighted by molar-refractivity contribution is -0.115. The van der Waals surface area contributed by atoms with E-state index in [9.17, 15) is 23.4 Å². The number of phenolic OH excluding ortho intramolecular Hbond substituents is 2. The summed E-state index contributed by atoms with van der Waals surface area (Å²) < 4.78 is 28.0. The van der Waals surface area contributed by atoms with Crippen molar-refractivity contribution < 1.29 is 23.4 Å². The van der Waals surface area contributed by atoms with Gasteiger partial charge in [-0.3, -0.25) is 4.79 Å². The predicted molar refractivity (Wildman–Crippen MR) is 109 cm³/mol. The first-order chi connectivity index (χ1) is 13.2. The maximum absolute atomic E-state index is 12.9. The lowest BCUT2D eigenvalue weighted by Gasteiger charge is -2.17. The molecule has 6 nitrogen and oxygen atoms in total. The predicted octanol–water partition coefficient (Wildman–Crippen LogP) is 3.67. The smallest absolute Gasteiger partial charge is 0.244 e. The molecular formula is C21H27NO5S. The van der Waals surface area contributed by atoms with E-state index in [2.05, 4.69) is 4.72 Å². The van der Waals surface area contributed by atoms with E-state index in [1.54, 1.807) is 18.2 Å². The van der Waals surface area contributed by atoms with Gasteiger partial charge in [0.25, 0.3) is 0 Å². The number of hydrogen-bond acceptors (Lipinski definition) is 5. The van der Waals surface area contributed by atoms with Crippen molar-refractivity contribution in [1.82, 2.24) is 4.72 Å². The standard InChI is InChI=1S/C21H27NO5S/c1-4-5-6-9-17-12-18(24)19(16-10-7-8-14(2)11-16)20(25)21(17)28(26,27)22-13-15(3)23/h7-8,10-12,22,24-25H,4-6,9,13H2,1-3H3. The molecule has 0 radical (unpaired) electrons. The van der Waals surface area contributed by atoms with E-state index in [0.717, 1.165) is 18.4 Å². The van der Waals surface area contributed by atoms with Crippen LogP contribution in [0.3, 0.4) is 0 Å². The summed E-state index contributed by atoms with van der Waals surface area (Å²) in [6.07, 6.45) is 2.94. The second-order valence-corrected chi connectivity index (χ2v) is 8.66. The van der Waals surface area contributed by atoms with E-state index in [1.807, 2.05) is 19.9 Å². The van der Waals surface area contributed by atoms with Crippen molar-refractivity contribution in [3.8, 4) is 22.6 Å². The van der Waals surface area contributed by atoms with Gasteiger partial charge in [-0.1, -0.05) is 49.6 Å². The Morgan fingerprint density at radius 2 is 1.86 bits per heavy atom. The molecule has 2 rings (SSSR count). The van der Waals surface area contributed by atoms with Crippen LogP contribution in [0.2, 0.25) is 0 Å². The highest BCUT2D eigenvalue weighted by molar-refractivity contribution is 7.89. The lowest BCUT2D eigenvalue weighted by Crippen LogP contribution is -2.29. The summed E-state index contributed by atoms with van der Waals surface area (Å²) in [7, 11) is -4.14. The normalized spacial score (nSPS) is 11.5. The lowest BCUT2D eigenvalue weighted by atomic mass is 9.97. The maximum Gasteiger partial charge on any atom is 0.244 e. The third kappa shape index (κ3) is 5.11. The molecular weight excluding hydrogens is 378 g/mol. The zero-order chi connectivity index (χ0) is 20.9. The van der Waals surface area contributed by atoms with Gasteiger partial charge in [-0.15, -0.1) is 0 Å². The number of phenols is 2. The summed E-state index contributed by atoms with van der Waals surface area (Å²) in [5.41, 5.74) is 1.81. The molecule has 0 bridgehead atoms. The number of aromatic hydroxyl groups is 2. The molecule has 0 aromatic heterocycles. The fourth-order valence-electron chi connectivity index (χ4n) is 3.09. The number of Topliss-reactive ketones (excluding diaryl/α,β-unsaturated/α-hetero) is 1. The van der Waals surface area contributed by atoms with Crippen LogP contribution in [-0.2, 0) is 21.2 Å². The summed E-state index contributed by atoms with van der Waals surface area (Å²) in [5, 5.41) is 21.4. The Labute approximate surface area is 166 Å². The summed E-state index contributed by atoms with van der Waals surface area (Å²) in [6.45, 7) is 4.81. The molecule has 0 saturated carbocycles. The molecule has 0 heterocycles. The van der Waals surface area contributed by atoms with Crippen LogP contribution in [0, 0.1) is 6.92 Å². The number of nitrogens with one attached hydrogen (secondary N) is 1. The molecule has 0 fully saturated rings. The molecule has 2 aromatic carbocycles. The fraction of sp³-hybridized carbons (Fsp3) is 0.381. The fourth-order valence-corrected chi connectivity index (χ4v) is 4.50. The number of benzene rings is 2. The van der Waals surface area contributed by atoms with Crippen molar-refractivity contribution in [2.45, 2.75) is 51.3 Å². The van der Waals surface area contributed by atoms with E-state index in [0.29, 0.717) is 24.0 Å². The largest absolute Gasteiger partial charge is 0.507 e. The minimum atomic E-state index is -4.14. The summed E-state index contributed by atoms with van der Waals surface area (Å²) in [4.78, 5) is 11.0. The van der Waals surface area contributed by atoms with E-state index in [4.69, 9.17) is 0 Å². The quantitative estimate of drug-likeness (QED) is 0.552. The molecule has 0 aliphatic rings. The first-order valence-electron chi connectivity index (χ1n) is 9.31. The Balaban J connectivity index is 2.66. The van der Waals surface area contributed by atoms with Crippen LogP contribution in [0.1, 0.15) is 44.2 Å². The number of aryl methyl sites for hydroxylation is 2. The molecule has 28 heavy (non-hydrogen) atoms. The number of unbranched alkanes of at least 4 members (excludes halogenated alkanes) is 2. The molecule has 152 valence electrons. The average Bonchev–Trinajstić information content (AvgIpc) is 2.60. The monoisotopic (exact) mass is 405 g/mol. The third-order valence-corrected chi connectivity index (χ3v) is 5.96. The van der Waals surface area contributed by atoms with Gasteiger partial charge in [-0.2, -0.15) is 0 Å². The molecule has 0 aliphatic carbocycles. The molecule has 0 aliphatic heterocycles. The minimum absolute atomic E-state index is 0.0612. The first kappa shape index (κ1) is 21.9. The van der Waals surface area contributed by atoms with Crippen molar-refractivity contribution in [3.63, 3.8) is 0 Å². The highest BCUT2D eigenvalue weighted by Crippen LogP contribution is 2.44. The van der Waals surface area contributed by atoms with Crippen LogP contribution in [0.5, 0.6) is 11.5 Å². The van der Waals surface area contributed by atoms with Gasteiger partial charge in [0, 0.05) is 0 Å². The van der Waals surface area contributed by atoms with Crippen molar-refractivity contribution >= 4 is 15.8 Å². The summed E-state index contributed by atoms with van der Waals surface area (Å²) >= 11 is 0. The van der Waals surface area contributed by atoms with Gasteiger partial charge >= 0.3 is 0 Å². The summed E-state index contributed by atoms with van der Waals surface area (Å²) in [5.74, 6) is -1.03. The topological polar surface area (TPSA) is 104 Å². The van der Waals surface area contributed by atoms with E-state index >= 15 is 0 Å². The van der Waals surface area contributed by atoms with E-state index in [-0.39, 0.29) is 28.5 Å². The van der Waals surface area contributed by atoms with Crippen molar-refractivity contribution in [2.75, 3.05) is 6.54 Å². The van der Waals surface area contributed by atoms with Gasteiger partial charge in [-0.05, 0) is 43.9 Å². The highest BCUT2D eigenvalue weighted by atomic mass is 32.2. The van der Waals surface area contributed by atoms with Gasteiger partial charge < -0.3 is 10.2 Å². The highest BCUT2D eigenvalue weighted by Gasteiger charge is 2.28. The van der Waals surface area contributed by atoms with Crippen LogP contribution < -0.4 is 4.72 Å². The van der Waals surface area contributed by atoms with Crippen molar-refractivity contribution in [2.24, 2.45) is 0 Å². The second-order valence-electron chi connectivity index (χ2n) is 6.96. The molecule has 3 N–H and O–H groups in total. The van der Waals surface area contributed by atoms with Crippen molar-refractivity contribution in [1.29, 1.82) is 0 Å². The SMILES string of the molecule is CCCCCc1cc(O)c(-c2cccc(C)c2)c(O)c1S(=O)(=O)NCC(C)=O. The van der Waals surface area contributed by atoms with Gasteiger partial charge in [0.1, 0.15) is 22.2 Å². The molecule has 0 amide bonds. The number of rotatable bonds is 9. The third-order valence-electron chi connectivity index (χ3n) is 4.45. The Hall–Kier alpha value is -2.38. The second kappa shape index (κ2) is 9.21. The van der Waals surface area contributed by atoms with E-state index in [1.165, 1.54) is 13.0 Å². The van der Waals surface area contributed by atoms with Gasteiger partial charge in [0.2, 0.25) is 10.0 Å². The molecule has 0 saturated heterocycles. The Kier molecular flexibility index (Phi) is 7.21. The first-order valence-corrected chi connectivity index (χ1v) is 10.8. The minimum Gasteiger partial charge on any atom is -0.507 e. The number of sulfonamides is 1. The van der Waals surface area contributed by atoms with Crippen LogP contribution in [-0.4, -0.2) is 31.0 Å². The summed E-state index contributed by atoms with van der Waals surface area (Å²) in [6, 6.07) is 8.47. The average molecular weight is 406 g/mol. The molecule has 7 heteroatoms. The van der Waals surface area contributed by atoms with Crippen LogP contribution in [0.4, 0.5) is 0 Å². The van der Waals surface area contributed by atoms with Crippen LogP contribution >= 0.6 is 0 Å². The van der Waals surface area contributed by atoms with Gasteiger partial charge in [0.15, 0.2) is 0 Å². The van der Waals surface area contributed by atoms with Crippen LogP contribution in [0.25, 0.3) is 11.1 Å².